The average Bonchev–Trinajstić information content (AvgIpc) is 3.20. The van der Waals surface area contributed by atoms with Crippen LogP contribution in [0.2, 0.25) is 0 Å². The van der Waals surface area contributed by atoms with Crippen molar-refractivity contribution in [2.45, 2.75) is 150 Å². The quantitative estimate of drug-likeness (QED) is 0.0322. The third-order valence-corrected chi connectivity index (χ3v) is 11.4. The van der Waals surface area contributed by atoms with E-state index in [0.29, 0.717) is 51.2 Å². The minimum Gasteiger partial charge on any atom is -0.461 e. The number of allylic oxidation sites excluding steroid dienone is 15. The lowest BCUT2D eigenvalue weighted by molar-refractivity contribution is -0.164. The summed E-state index contributed by atoms with van der Waals surface area (Å²) in [5, 5.41) is 27.1. The maximum atomic E-state index is 13.1. The van der Waals surface area contributed by atoms with Gasteiger partial charge in [-0.2, -0.15) is 0 Å². The first kappa shape index (κ1) is 52.3. The van der Waals surface area contributed by atoms with Crippen molar-refractivity contribution in [1.29, 1.82) is 0 Å². The van der Waals surface area contributed by atoms with Gasteiger partial charge < -0.3 is 30.3 Å². The number of ether oxygens (including phenoxy) is 2. The van der Waals surface area contributed by atoms with Gasteiger partial charge in [-0.25, -0.2) is 0 Å². The lowest BCUT2D eigenvalue weighted by Crippen LogP contribution is -2.43. The molecule has 0 fully saturated rings. The number of carbonyl (C=O) groups is 3. The normalized spacial score (nSPS) is 22.0. The Balaban J connectivity index is 1.52. The zero-order valence-electron chi connectivity index (χ0n) is 37.9. The van der Waals surface area contributed by atoms with Crippen molar-refractivity contribution < 1.29 is 34.1 Å². The van der Waals surface area contributed by atoms with Gasteiger partial charge in [0.25, 0.3) is 0 Å². The highest BCUT2D eigenvalue weighted by Gasteiger charge is 2.43. The van der Waals surface area contributed by atoms with Gasteiger partial charge in [0.05, 0.1) is 37.3 Å². The molecule has 4 N–H and O–H groups in total. The Hall–Kier alpha value is -3.79. The zero-order valence-corrected chi connectivity index (χ0v) is 37.9. The van der Waals surface area contributed by atoms with E-state index in [2.05, 4.69) is 116 Å². The Morgan fingerprint density at radius 2 is 1.35 bits per heavy atom. The molecule has 9 heteroatoms. The molecule has 0 bridgehead atoms. The van der Waals surface area contributed by atoms with Crippen molar-refractivity contribution in [3.63, 3.8) is 0 Å². The van der Waals surface area contributed by atoms with Crippen molar-refractivity contribution in [3.8, 4) is 0 Å². The number of hydrogen-bond acceptors (Lipinski definition) is 7. The second-order valence-electron chi connectivity index (χ2n) is 17.1. The highest BCUT2D eigenvalue weighted by atomic mass is 16.5. The Kier molecular flexibility index (Phi) is 27.1. The van der Waals surface area contributed by atoms with Crippen LogP contribution in [-0.2, 0) is 23.9 Å². The summed E-state index contributed by atoms with van der Waals surface area (Å²) in [4.78, 5) is 37.6. The smallest absolute Gasteiger partial charge is 0.311 e. The Bertz CT molecular complexity index is 1490. The van der Waals surface area contributed by atoms with E-state index in [1.165, 1.54) is 5.57 Å². The van der Waals surface area contributed by atoms with E-state index in [-0.39, 0.29) is 67.6 Å². The molecule has 336 valence electrons. The molecule has 60 heavy (non-hydrogen) atoms. The number of hydrogen-bond donors (Lipinski definition) is 4. The number of fused-ring (bicyclic) bond motifs is 1. The molecular weight excluding hydrogens is 753 g/mol. The predicted octanol–water partition coefficient (Wildman–Crippen LogP) is 9.75. The molecule has 2 unspecified atom stereocenters. The molecule has 0 radical (unpaired) electrons. The molecular formula is C51H80N2O7. The van der Waals surface area contributed by atoms with Crippen molar-refractivity contribution in [2.75, 3.05) is 26.3 Å². The Morgan fingerprint density at radius 3 is 1.92 bits per heavy atom. The van der Waals surface area contributed by atoms with Crippen LogP contribution in [-0.4, -0.2) is 72.6 Å². The van der Waals surface area contributed by atoms with Crippen LogP contribution < -0.4 is 10.6 Å². The van der Waals surface area contributed by atoms with Gasteiger partial charge in [-0.15, -0.1) is 0 Å². The van der Waals surface area contributed by atoms with E-state index in [0.717, 1.165) is 44.9 Å². The lowest BCUT2D eigenvalue weighted by Gasteiger charge is -2.44. The van der Waals surface area contributed by atoms with Crippen LogP contribution in [0.25, 0.3) is 0 Å². The number of rotatable bonds is 30. The topological polar surface area (TPSA) is 134 Å². The van der Waals surface area contributed by atoms with Crippen LogP contribution in [0.15, 0.2) is 96.7 Å². The second-order valence-corrected chi connectivity index (χ2v) is 17.1. The number of aliphatic hydroxyl groups excluding tert-OH is 2. The van der Waals surface area contributed by atoms with Crippen LogP contribution in [0.3, 0.4) is 0 Å². The number of amides is 2. The Morgan fingerprint density at radius 1 is 0.800 bits per heavy atom. The van der Waals surface area contributed by atoms with Gasteiger partial charge in [0.1, 0.15) is 6.10 Å². The number of esters is 1. The van der Waals surface area contributed by atoms with E-state index < -0.39 is 17.6 Å². The summed E-state index contributed by atoms with van der Waals surface area (Å²) in [6.07, 6.45) is 40.2. The van der Waals surface area contributed by atoms with Gasteiger partial charge in [0, 0.05) is 25.4 Å². The monoisotopic (exact) mass is 833 g/mol. The average molecular weight is 833 g/mol. The van der Waals surface area contributed by atoms with Gasteiger partial charge >= 0.3 is 5.97 Å². The van der Waals surface area contributed by atoms with E-state index in [9.17, 15) is 24.6 Å². The molecule has 0 heterocycles. The standard InChI is InChI=1S/C51H80N2O7/c1-7-9-10-11-12-13-14-15-16-17-18-19-20-21-22-23-24-25-26-27-47(56)52-32-34-59-35-33-53-48(57)39-44(55)38-43(54)30-31-45-41(4)28-29-42-36-40(3)37-46(49(42)45)60-50(58)51(5,6)8-2/h9-10,12-13,15-16,18-19,21-22,24-25,28-29,36,40-41,43-46,49,54-55H,7-8,11,14,17,20,23,26-27,30-35,37-39H2,1-6H3,(H,52,56)(H,53,57)/t40-,41-,43-,44+,45-,46?,49?/m0/s1. The van der Waals surface area contributed by atoms with Crippen molar-refractivity contribution >= 4 is 17.8 Å². The number of carbonyl (C=O) groups excluding carboxylic acids is 3. The van der Waals surface area contributed by atoms with Gasteiger partial charge in [-0.1, -0.05) is 119 Å². The molecule has 0 aromatic rings. The highest BCUT2D eigenvalue weighted by molar-refractivity contribution is 5.77. The molecule has 2 aliphatic rings. The maximum absolute atomic E-state index is 13.1. The summed E-state index contributed by atoms with van der Waals surface area (Å²) in [5.41, 5.74) is 0.662. The molecule has 0 aromatic carbocycles. The van der Waals surface area contributed by atoms with E-state index in [1.54, 1.807) is 0 Å². The third-order valence-electron chi connectivity index (χ3n) is 11.4. The van der Waals surface area contributed by atoms with Gasteiger partial charge in [-0.05, 0) is 114 Å². The fourth-order valence-electron chi connectivity index (χ4n) is 7.42. The largest absolute Gasteiger partial charge is 0.461 e. The molecule has 0 spiro atoms. The van der Waals surface area contributed by atoms with Crippen LogP contribution in [0.4, 0.5) is 0 Å². The van der Waals surface area contributed by atoms with E-state index >= 15 is 0 Å². The summed E-state index contributed by atoms with van der Waals surface area (Å²) in [5.74, 6) is 0.314. The van der Waals surface area contributed by atoms with Crippen LogP contribution in [0, 0.1) is 29.1 Å². The predicted molar refractivity (Wildman–Crippen MR) is 246 cm³/mol. The van der Waals surface area contributed by atoms with Gasteiger partial charge in [-0.3, -0.25) is 14.4 Å². The van der Waals surface area contributed by atoms with Gasteiger partial charge in [0.2, 0.25) is 11.8 Å². The minimum atomic E-state index is -0.969. The fraction of sp³-hybridized carbons (Fsp3) is 0.627. The molecule has 2 aliphatic carbocycles. The fourth-order valence-corrected chi connectivity index (χ4v) is 7.42. The molecule has 0 aromatic heterocycles. The molecule has 0 aliphatic heterocycles. The number of aliphatic hydroxyl groups is 2. The first-order valence-corrected chi connectivity index (χ1v) is 22.9. The molecule has 7 atom stereocenters. The molecule has 0 saturated heterocycles. The lowest BCUT2D eigenvalue weighted by atomic mass is 9.65. The van der Waals surface area contributed by atoms with Crippen molar-refractivity contribution in [1.82, 2.24) is 10.6 Å². The van der Waals surface area contributed by atoms with Crippen LogP contribution in [0.5, 0.6) is 0 Å². The maximum Gasteiger partial charge on any atom is 0.311 e. The summed E-state index contributed by atoms with van der Waals surface area (Å²) < 4.78 is 11.7. The van der Waals surface area contributed by atoms with E-state index in [4.69, 9.17) is 9.47 Å². The second kappa shape index (κ2) is 31.1. The van der Waals surface area contributed by atoms with Crippen LogP contribution in [0.1, 0.15) is 131 Å². The summed E-state index contributed by atoms with van der Waals surface area (Å²) in [6, 6.07) is 0. The SMILES string of the molecule is CCC=CCC=CCC=CCC=CCC=CCC=CCCC(=O)NCCOCCNC(=O)C[C@H](O)C[C@@H](O)CC[C@@H]1C2C(=C[C@H](C)CC2OC(=O)C(C)(C)CC)C=C[C@@H]1C. The molecule has 0 saturated carbocycles. The molecule has 2 rings (SSSR count). The summed E-state index contributed by atoms with van der Waals surface area (Å²) in [6.45, 7) is 13.6. The van der Waals surface area contributed by atoms with Crippen molar-refractivity contribution in [2.24, 2.45) is 29.1 Å². The van der Waals surface area contributed by atoms with Crippen LogP contribution >= 0.6 is 0 Å². The van der Waals surface area contributed by atoms with Gasteiger partial charge in [0.15, 0.2) is 0 Å². The van der Waals surface area contributed by atoms with Crippen molar-refractivity contribution in [3.05, 3.63) is 96.7 Å². The first-order chi connectivity index (χ1) is 28.9. The number of nitrogens with one attached hydrogen (secondary N) is 2. The van der Waals surface area contributed by atoms with E-state index in [1.807, 2.05) is 26.8 Å². The molecule has 2 amide bonds. The summed E-state index contributed by atoms with van der Waals surface area (Å²) in [7, 11) is 0. The zero-order chi connectivity index (χ0) is 44.0. The third kappa shape index (κ3) is 22.7. The first-order valence-electron chi connectivity index (χ1n) is 22.9. The minimum absolute atomic E-state index is 0.0286. The highest BCUT2D eigenvalue weighted by Crippen LogP contribution is 2.45. The molecule has 9 nitrogen and oxygen atoms in total. The summed E-state index contributed by atoms with van der Waals surface area (Å²) >= 11 is 0. The Labute approximate surface area is 363 Å².